The highest BCUT2D eigenvalue weighted by molar-refractivity contribution is 5.73. The molecule has 1 aliphatic heterocycles. The van der Waals surface area contributed by atoms with Gasteiger partial charge in [-0.15, -0.1) is 0 Å². The normalized spacial score (nSPS) is 21.6. The third kappa shape index (κ3) is 2.23. The Balaban J connectivity index is 1.76. The molecule has 1 aromatic heterocycles. The van der Waals surface area contributed by atoms with Crippen LogP contribution in [-0.2, 0) is 12.8 Å². The van der Waals surface area contributed by atoms with Crippen molar-refractivity contribution in [3.63, 3.8) is 0 Å². The number of aryl methyl sites for hydroxylation is 1. The Morgan fingerprint density at radius 2 is 2.10 bits per heavy atom. The Hall–Kier alpha value is -1.81. The summed E-state index contributed by atoms with van der Waals surface area (Å²) in [7, 11) is 0. The van der Waals surface area contributed by atoms with Gasteiger partial charge in [0.05, 0.1) is 5.69 Å². The first kappa shape index (κ1) is 12.9. The van der Waals surface area contributed by atoms with Crippen molar-refractivity contribution < 1.29 is 0 Å². The minimum Gasteiger partial charge on any atom is -0.353 e. The Kier molecular flexibility index (Phi) is 3.19. The van der Waals surface area contributed by atoms with E-state index < -0.39 is 0 Å². The van der Waals surface area contributed by atoms with Crippen LogP contribution >= 0.6 is 0 Å². The fourth-order valence-electron chi connectivity index (χ4n) is 3.72. The molecule has 110 valence electrons. The predicted molar refractivity (Wildman–Crippen MR) is 85.5 cm³/mol. The average Bonchev–Trinajstić information content (AvgIpc) is 2.83. The van der Waals surface area contributed by atoms with E-state index in [9.17, 15) is 0 Å². The fourth-order valence-corrected chi connectivity index (χ4v) is 3.72. The maximum Gasteiger partial charge on any atom is 0.154 e. The molecule has 2 aromatic rings. The summed E-state index contributed by atoms with van der Waals surface area (Å²) in [6, 6.07) is 8.98. The van der Waals surface area contributed by atoms with Crippen molar-refractivity contribution in [1.82, 2.24) is 10.2 Å². The number of H-pyrrole nitrogens is 1. The SMILES string of the molecule is NC1CCCN(c2n[nH]c3c2CCCc2ccccc2-3)C1. The van der Waals surface area contributed by atoms with Crippen LogP contribution in [0.2, 0.25) is 0 Å². The van der Waals surface area contributed by atoms with Gasteiger partial charge in [0.15, 0.2) is 5.82 Å². The number of hydrogen-bond acceptors (Lipinski definition) is 3. The quantitative estimate of drug-likeness (QED) is 0.845. The summed E-state index contributed by atoms with van der Waals surface area (Å²) >= 11 is 0. The second kappa shape index (κ2) is 5.19. The molecule has 0 amide bonds. The molecule has 21 heavy (non-hydrogen) atoms. The molecule has 3 N–H and O–H groups in total. The topological polar surface area (TPSA) is 57.9 Å². The third-order valence-corrected chi connectivity index (χ3v) is 4.76. The largest absolute Gasteiger partial charge is 0.353 e. The Morgan fingerprint density at radius 1 is 1.19 bits per heavy atom. The van der Waals surface area contributed by atoms with Gasteiger partial charge in [-0.2, -0.15) is 5.10 Å². The van der Waals surface area contributed by atoms with Crippen molar-refractivity contribution in [2.24, 2.45) is 5.73 Å². The van der Waals surface area contributed by atoms with E-state index in [4.69, 9.17) is 5.73 Å². The first-order valence-electron chi connectivity index (χ1n) is 7.99. The van der Waals surface area contributed by atoms with Gasteiger partial charge in [-0.25, -0.2) is 0 Å². The molecule has 0 saturated carbocycles. The number of hydrogen-bond donors (Lipinski definition) is 2. The average molecular weight is 282 g/mol. The number of nitrogens with two attached hydrogens (primary N) is 1. The zero-order valence-electron chi connectivity index (χ0n) is 12.3. The van der Waals surface area contributed by atoms with Crippen molar-refractivity contribution in [2.75, 3.05) is 18.0 Å². The number of aromatic nitrogens is 2. The summed E-state index contributed by atoms with van der Waals surface area (Å²) in [5, 5.41) is 7.94. The molecule has 0 bridgehead atoms. The predicted octanol–water partition coefficient (Wildman–Crippen LogP) is 2.49. The second-order valence-electron chi connectivity index (χ2n) is 6.26. The van der Waals surface area contributed by atoms with Gasteiger partial charge < -0.3 is 10.6 Å². The van der Waals surface area contributed by atoms with Gasteiger partial charge in [0.25, 0.3) is 0 Å². The van der Waals surface area contributed by atoms with Crippen LogP contribution in [0.4, 0.5) is 5.82 Å². The summed E-state index contributed by atoms with van der Waals surface area (Å²) in [6.45, 7) is 2.01. The van der Waals surface area contributed by atoms with Crippen LogP contribution in [0.3, 0.4) is 0 Å². The minimum atomic E-state index is 0.282. The summed E-state index contributed by atoms with van der Waals surface area (Å²) in [5.74, 6) is 1.14. The number of nitrogens with zero attached hydrogens (tertiary/aromatic N) is 2. The van der Waals surface area contributed by atoms with E-state index >= 15 is 0 Å². The molecule has 0 radical (unpaired) electrons. The van der Waals surface area contributed by atoms with E-state index in [-0.39, 0.29) is 6.04 Å². The monoisotopic (exact) mass is 282 g/mol. The number of benzene rings is 1. The van der Waals surface area contributed by atoms with Crippen molar-refractivity contribution in [1.29, 1.82) is 0 Å². The van der Waals surface area contributed by atoms with Crippen LogP contribution in [0.5, 0.6) is 0 Å². The Bertz CT molecular complexity index is 646. The molecule has 2 aliphatic rings. The lowest BCUT2D eigenvalue weighted by atomic mass is 10.0. The molecule has 2 heterocycles. The molecule has 4 rings (SSSR count). The zero-order valence-corrected chi connectivity index (χ0v) is 12.3. The Labute approximate surface area is 125 Å². The van der Waals surface area contributed by atoms with E-state index in [1.54, 1.807) is 0 Å². The Morgan fingerprint density at radius 3 is 3.00 bits per heavy atom. The highest BCUT2D eigenvalue weighted by atomic mass is 15.3. The third-order valence-electron chi connectivity index (χ3n) is 4.76. The summed E-state index contributed by atoms with van der Waals surface area (Å²) < 4.78 is 0. The van der Waals surface area contributed by atoms with Crippen molar-refractivity contribution in [3.05, 3.63) is 35.4 Å². The molecule has 4 nitrogen and oxygen atoms in total. The number of rotatable bonds is 1. The maximum atomic E-state index is 6.14. The van der Waals surface area contributed by atoms with Crippen LogP contribution in [0, 0.1) is 0 Å². The van der Waals surface area contributed by atoms with Gasteiger partial charge in [0.2, 0.25) is 0 Å². The van der Waals surface area contributed by atoms with Crippen LogP contribution in [0.15, 0.2) is 24.3 Å². The van der Waals surface area contributed by atoms with Gasteiger partial charge in [0.1, 0.15) is 0 Å². The van der Waals surface area contributed by atoms with Gasteiger partial charge in [0, 0.05) is 30.3 Å². The lowest BCUT2D eigenvalue weighted by Gasteiger charge is -2.31. The molecular formula is C17H22N4. The van der Waals surface area contributed by atoms with E-state index in [0.29, 0.717) is 0 Å². The van der Waals surface area contributed by atoms with Crippen molar-refractivity contribution in [2.45, 2.75) is 38.1 Å². The highest BCUT2D eigenvalue weighted by Gasteiger charge is 2.25. The fraction of sp³-hybridized carbons (Fsp3) is 0.471. The first-order valence-corrected chi connectivity index (χ1v) is 7.99. The second-order valence-corrected chi connectivity index (χ2v) is 6.26. The molecule has 1 atom stereocenters. The molecule has 4 heteroatoms. The number of nitrogens with one attached hydrogen (secondary N) is 1. The van der Waals surface area contributed by atoms with Gasteiger partial charge in [-0.05, 0) is 37.7 Å². The summed E-state index contributed by atoms with van der Waals surface area (Å²) in [5.41, 5.74) is 11.5. The lowest BCUT2D eigenvalue weighted by Crippen LogP contribution is -2.43. The molecule has 0 spiro atoms. The number of aromatic amines is 1. The van der Waals surface area contributed by atoms with Gasteiger partial charge >= 0.3 is 0 Å². The van der Waals surface area contributed by atoms with Crippen LogP contribution < -0.4 is 10.6 Å². The van der Waals surface area contributed by atoms with Crippen LogP contribution in [-0.4, -0.2) is 29.3 Å². The van der Waals surface area contributed by atoms with Crippen LogP contribution in [0.1, 0.15) is 30.4 Å². The van der Waals surface area contributed by atoms with Crippen molar-refractivity contribution in [3.8, 4) is 11.3 Å². The smallest absolute Gasteiger partial charge is 0.154 e. The van der Waals surface area contributed by atoms with Crippen LogP contribution in [0.25, 0.3) is 11.3 Å². The van der Waals surface area contributed by atoms with E-state index in [1.807, 2.05) is 0 Å². The van der Waals surface area contributed by atoms with E-state index in [2.05, 4.69) is 39.4 Å². The summed E-state index contributed by atoms with van der Waals surface area (Å²) in [6.07, 6.45) is 5.74. The number of anilines is 1. The first-order chi connectivity index (χ1) is 10.3. The number of piperidine rings is 1. The highest BCUT2D eigenvalue weighted by Crippen LogP contribution is 2.36. The zero-order chi connectivity index (χ0) is 14.2. The molecular weight excluding hydrogens is 260 g/mol. The maximum absolute atomic E-state index is 6.14. The molecule has 1 saturated heterocycles. The lowest BCUT2D eigenvalue weighted by molar-refractivity contribution is 0.502. The van der Waals surface area contributed by atoms with Gasteiger partial charge in [-0.1, -0.05) is 24.3 Å². The minimum absolute atomic E-state index is 0.282. The van der Waals surface area contributed by atoms with Gasteiger partial charge in [-0.3, -0.25) is 5.10 Å². The van der Waals surface area contributed by atoms with E-state index in [1.165, 1.54) is 35.2 Å². The van der Waals surface area contributed by atoms with E-state index in [0.717, 1.165) is 38.2 Å². The number of fused-ring (bicyclic) bond motifs is 3. The standard InChI is InChI=1S/C17H22N4/c18-13-7-4-10-21(11-13)17-15-9-3-6-12-5-1-2-8-14(12)16(15)19-20-17/h1-2,5,8,13H,3-4,6-7,9-11,18H2,(H,19,20). The molecule has 1 aromatic carbocycles. The molecule has 1 unspecified atom stereocenters. The summed E-state index contributed by atoms with van der Waals surface area (Å²) in [4.78, 5) is 2.37. The molecule has 1 fully saturated rings. The molecule has 1 aliphatic carbocycles. The van der Waals surface area contributed by atoms with Crippen molar-refractivity contribution >= 4 is 5.82 Å².